The van der Waals surface area contributed by atoms with E-state index in [1.54, 1.807) is 0 Å². The second-order valence-electron chi connectivity index (χ2n) is 7.44. The molecule has 1 aliphatic carbocycles. The minimum atomic E-state index is -3.53. The monoisotopic (exact) mass is 382 g/mol. The Bertz CT molecular complexity index is 524. The predicted octanol–water partition coefficient (Wildman–Crippen LogP) is 1.84. The van der Waals surface area contributed by atoms with Crippen molar-refractivity contribution in [1.29, 1.82) is 0 Å². The molecule has 0 radical (unpaired) electrons. The van der Waals surface area contributed by atoms with E-state index in [4.69, 9.17) is 4.74 Å². The van der Waals surface area contributed by atoms with Gasteiger partial charge in [-0.2, -0.15) is 0 Å². The third-order valence-electron chi connectivity index (χ3n) is 5.43. The Balaban J connectivity index is 0.00000288. The molecule has 0 amide bonds. The van der Waals surface area contributed by atoms with E-state index in [1.165, 1.54) is 7.11 Å². The first-order valence-electron chi connectivity index (χ1n) is 8.57. The highest BCUT2D eigenvalue weighted by atomic mass is 35.5. The number of ether oxygens (including phenoxy) is 1. The van der Waals surface area contributed by atoms with Crippen LogP contribution in [0.3, 0.4) is 0 Å². The van der Waals surface area contributed by atoms with E-state index >= 15 is 0 Å². The fourth-order valence-electron chi connectivity index (χ4n) is 3.82. The highest BCUT2D eigenvalue weighted by molar-refractivity contribution is 7.90. The summed E-state index contributed by atoms with van der Waals surface area (Å²) in [4.78, 5) is 11.9. The number of rotatable bonds is 5. The molecule has 3 atom stereocenters. The molecule has 2 rings (SSSR count). The molecule has 1 saturated heterocycles. The van der Waals surface area contributed by atoms with Gasteiger partial charge in [0, 0.05) is 12.6 Å². The van der Waals surface area contributed by atoms with Crippen LogP contribution in [0.15, 0.2) is 0 Å². The number of methoxy groups -OCH3 is 1. The van der Waals surface area contributed by atoms with Gasteiger partial charge in [-0.25, -0.2) is 13.1 Å². The van der Waals surface area contributed by atoms with Gasteiger partial charge in [0.1, 0.15) is 0 Å². The lowest BCUT2D eigenvalue weighted by atomic mass is 9.78. The van der Waals surface area contributed by atoms with Gasteiger partial charge in [0.2, 0.25) is 10.0 Å². The van der Waals surface area contributed by atoms with Crippen molar-refractivity contribution in [2.45, 2.75) is 63.7 Å². The van der Waals surface area contributed by atoms with E-state index < -0.39 is 27.2 Å². The van der Waals surface area contributed by atoms with Crippen molar-refractivity contribution < 1.29 is 17.9 Å². The van der Waals surface area contributed by atoms with Crippen LogP contribution in [-0.2, 0) is 19.6 Å². The lowest BCUT2D eigenvalue weighted by Gasteiger charge is -2.40. The van der Waals surface area contributed by atoms with Crippen molar-refractivity contribution in [3.8, 4) is 0 Å². The van der Waals surface area contributed by atoms with Crippen LogP contribution in [0.25, 0.3) is 0 Å². The smallest absolute Gasteiger partial charge is 0.310 e. The Kier molecular flexibility index (Phi) is 7.97. The molecule has 2 aliphatic rings. The first kappa shape index (κ1) is 21.7. The number of halogens is 1. The van der Waals surface area contributed by atoms with Crippen LogP contribution in [0, 0.1) is 11.3 Å². The van der Waals surface area contributed by atoms with Crippen molar-refractivity contribution >= 4 is 28.4 Å². The summed E-state index contributed by atoms with van der Waals surface area (Å²) >= 11 is 0. The molecule has 1 aliphatic heterocycles. The van der Waals surface area contributed by atoms with Gasteiger partial charge in [0.25, 0.3) is 0 Å². The Morgan fingerprint density at radius 1 is 1.25 bits per heavy atom. The molecule has 142 valence electrons. The summed E-state index contributed by atoms with van der Waals surface area (Å²) in [5.74, 6) is -0.949. The van der Waals surface area contributed by atoms with E-state index in [1.807, 2.05) is 0 Å². The number of esters is 1. The zero-order valence-corrected chi connectivity index (χ0v) is 16.5. The predicted molar refractivity (Wildman–Crippen MR) is 96.7 cm³/mol. The largest absolute Gasteiger partial charge is 0.469 e. The molecule has 1 saturated carbocycles. The molecule has 2 N–H and O–H groups in total. The third-order valence-corrected chi connectivity index (χ3v) is 7.36. The molecule has 24 heavy (non-hydrogen) atoms. The quantitative estimate of drug-likeness (QED) is 0.709. The number of carbonyl (C=O) groups excluding carboxylic acids is 1. The summed E-state index contributed by atoms with van der Waals surface area (Å²) in [6.07, 6.45) is 5.03. The van der Waals surface area contributed by atoms with Crippen LogP contribution in [0.5, 0.6) is 0 Å². The Labute approximate surface area is 151 Å². The van der Waals surface area contributed by atoms with Crippen LogP contribution in [0.1, 0.15) is 52.4 Å². The molecule has 0 spiro atoms. The standard InChI is InChI=1S/C16H30N2O4S.ClH/c1-16(2)9-6-10-17-14(16)11-18-23(20,21)13-8-5-4-7-12(13)15(19)22-3;/h12-14,17-18H,4-11H2,1-3H3;1H. The van der Waals surface area contributed by atoms with Crippen molar-refractivity contribution in [3.63, 3.8) is 0 Å². The summed E-state index contributed by atoms with van der Waals surface area (Å²) in [6, 6.07) is 0.117. The second kappa shape index (κ2) is 8.83. The molecule has 3 unspecified atom stereocenters. The van der Waals surface area contributed by atoms with E-state index in [9.17, 15) is 13.2 Å². The van der Waals surface area contributed by atoms with Crippen molar-refractivity contribution in [2.24, 2.45) is 11.3 Å². The fraction of sp³-hybridized carbons (Fsp3) is 0.938. The van der Waals surface area contributed by atoms with Gasteiger partial charge < -0.3 is 10.1 Å². The zero-order valence-electron chi connectivity index (χ0n) is 14.8. The summed E-state index contributed by atoms with van der Waals surface area (Å²) in [7, 11) is -2.21. The summed E-state index contributed by atoms with van der Waals surface area (Å²) in [5.41, 5.74) is 0.0646. The molecular weight excluding hydrogens is 352 g/mol. The fourth-order valence-corrected chi connectivity index (χ4v) is 5.58. The van der Waals surface area contributed by atoms with Gasteiger partial charge in [0.05, 0.1) is 18.3 Å². The first-order chi connectivity index (χ1) is 10.8. The Hall–Kier alpha value is -0.370. The van der Waals surface area contributed by atoms with E-state index in [-0.39, 0.29) is 23.9 Å². The molecule has 0 aromatic carbocycles. The summed E-state index contributed by atoms with van der Waals surface area (Å²) in [5, 5.41) is 2.74. The summed E-state index contributed by atoms with van der Waals surface area (Å²) in [6.45, 7) is 5.62. The van der Waals surface area contributed by atoms with E-state index in [2.05, 4.69) is 23.9 Å². The third kappa shape index (κ3) is 5.07. The Morgan fingerprint density at radius 3 is 2.54 bits per heavy atom. The van der Waals surface area contributed by atoms with Crippen LogP contribution >= 0.6 is 12.4 Å². The number of carbonyl (C=O) groups is 1. The average Bonchev–Trinajstić information content (AvgIpc) is 2.52. The van der Waals surface area contributed by atoms with Crippen molar-refractivity contribution in [1.82, 2.24) is 10.0 Å². The van der Waals surface area contributed by atoms with Crippen LogP contribution in [0.4, 0.5) is 0 Å². The molecular formula is C16H31ClN2O4S. The number of sulfonamides is 1. The van der Waals surface area contributed by atoms with Crippen molar-refractivity contribution in [3.05, 3.63) is 0 Å². The molecule has 1 heterocycles. The number of hydrogen-bond donors (Lipinski definition) is 2. The number of piperidine rings is 1. The normalized spacial score (nSPS) is 30.2. The highest BCUT2D eigenvalue weighted by Gasteiger charge is 2.41. The second-order valence-corrected chi connectivity index (χ2v) is 9.43. The van der Waals surface area contributed by atoms with Gasteiger partial charge in [0.15, 0.2) is 0 Å². The lowest BCUT2D eigenvalue weighted by molar-refractivity contribution is -0.146. The maximum Gasteiger partial charge on any atom is 0.310 e. The van der Waals surface area contributed by atoms with Gasteiger partial charge in [-0.15, -0.1) is 12.4 Å². The van der Waals surface area contributed by atoms with E-state index in [0.29, 0.717) is 19.4 Å². The molecule has 2 fully saturated rings. The molecule has 6 nitrogen and oxygen atoms in total. The number of nitrogens with one attached hydrogen (secondary N) is 2. The first-order valence-corrected chi connectivity index (χ1v) is 10.1. The lowest BCUT2D eigenvalue weighted by Crippen LogP contribution is -2.54. The molecule has 0 bridgehead atoms. The van der Waals surface area contributed by atoms with Crippen molar-refractivity contribution in [2.75, 3.05) is 20.2 Å². The zero-order chi connectivity index (χ0) is 17.1. The molecule has 0 aromatic heterocycles. The minimum Gasteiger partial charge on any atom is -0.469 e. The number of hydrogen-bond acceptors (Lipinski definition) is 5. The average molecular weight is 383 g/mol. The SMILES string of the molecule is COC(=O)C1CCCCC1S(=O)(=O)NCC1NCCCC1(C)C.Cl. The maximum absolute atomic E-state index is 12.7. The van der Waals surface area contributed by atoms with Crippen LogP contribution < -0.4 is 10.0 Å². The van der Waals surface area contributed by atoms with E-state index in [0.717, 1.165) is 32.2 Å². The van der Waals surface area contributed by atoms with Gasteiger partial charge >= 0.3 is 5.97 Å². The minimum absolute atomic E-state index is 0. The Morgan fingerprint density at radius 2 is 1.92 bits per heavy atom. The van der Waals surface area contributed by atoms with Gasteiger partial charge in [-0.1, -0.05) is 26.7 Å². The maximum atomic E-state index is 12.7. The van der Waals surface area contributed by atoms with Crippen LogP contribution in [0.2, 0.25) is 0 Å². The topological polar surface area (TPSA) is 84.5 Å². The highest BCUT2D eigenvalue weighted by Crippen LogP contribution is 2.32. The van der Waals surface area contributed by atoms with Gasteiger partial charge in [-0.05, 0) is 37.6 Å². The van der Waals surface area contributed by atoms with Crippen LogP contribution in [-0.4, -0.2) is 45.9 Å². The molecule has 0 aromatic rings. The molecule has 8 heteroatoms. The summed E-state index contributed by atoms with van der Waals surface area (Å²) < 4.78 is 33.0. The van der Waals surface area contributed by atoms with Gasteiger partial charge in [-0.3, -0.25) is 4.79 Å².